The first-order chi connectivity index (χ1) is 18.8. The van der Waals surface area contributed by atoms with Crippen LogP contribution in [0.3, 0.4) is 0 Å². The molecule has 178 valence electrons. The molecular weight excluding hydrogens is 470 g/mol. The molecule has 0 unspecified atom stereocenters. The Hall–Kier alpha value is -5.36. The molecule has 4 heterocycles. The normalized spacial score (nSPS) is 11.7. The average molecular weight is 490 g/mol. The lowest BCUT2D eigenvalue weighted by Gasteiger charge is -2.05. The van der Waals surface area contributed by atoms with Gasteiger partial charge in [0.25, 0.3) is 0 Å². The molecule has 1 N–H and O–H groups in total. The number of hydrogen-bond acceptors (Lipinski definition) is 5. The summed E-state index contributed by atoms with van der Waals surface area (Å²) in [5, 5.41) is 2.33. The van der Waals surface area contributed by atoms with Gasteiger partial charge in [0.15, 0.2) is 0 Å². The zero-order valence-electron chi connectivity index (χ0n) is 20.1. The maximum atomic E-state index is 5.83. The smallest absolute Gasteiger partial charge is 0.247 e. The third kappa shape index (κ3) is 3.35. The molecule has 0 aliphatic heterocycles. The molecule has 38 heavy (non-hydrogen) atoms. The molecule has 0 atom stereocenters. The maximum Gasteiger partial charge on any atom is 0.247 e. The highest BCUT2D eigenvalue weighted by atomic mass is 16.4. The summed E-state index contributed by atoms with van der Waals surface area (Å²) in [5.41, 5.74) is 10.4. The summed E-state index contributed by atoms with van der Waals surface area (Å²) in [4.78, 5) is 21.8. The Morgan fingerprint density at radius 2 is 1.24 bits per heavy atom. The summed E-state index contributed by atoms with van der Waals surface area (Å²) in [6.07, 6.45) is 3.55. The molecule has 0 amide bonds. The molecular formula is C32H19N5O. The first-order valence-electron chi connectivity index (χ1n) is 12.4. The Kier molecular flexibility index (Phi) is 4.42. The second-order valence-electron chi connectivity index (χ2n) is 9.31. The highest BCUT2D eigenvalue weighted by molar-refractivity contribution is 6.09. The van der Waals surface area contributed by atoms with E-state index in [1.54, 1.807) is 6.20 Å². The van der Waals surface area contributed by atoms with Gasteiger partial charge in [-0.05, 0) is 71.8 Å². The molecule has 4 aromatic carbocycles. The van der Waals surface area contributed by atoms with E-state index in [4.69, 9.17) is 9.40 Å². The second-order valence-corrected chi connectivity index (χ2v) is 9.31. The van der Waals surface area contributed by atoms with Crippen molar-refractivity contribution in [3.8, 4) is 33.8 Å². The van der Waals surface area contributed by atoms with Crippen LogP contribution >= 0.6 is 0 Å². The van der Waals surface area contributed by atoms with Gasteiger partial charge in [-0.25, -0.2) is 15.0 Å². The third-order valence-corrected chi connectivity index (χ3v) is 6.97. The minimum atomic E-state index is 0.547. The van der Waals surface area contributed by atoms with Crippen molar-refractivity contribution in [2.45, 2.75) is 0 Å². The van der Waals surface area contributed by atoms with Crippen LogP contribution in [0.5, 0.6) is 0 Å². The largest absolute Gasteiger partial charge is 0.418 e. The molecule has 0 bridgehead atoms. The van der Waals surface area contributed by atoms with Crippen molar-refractivity contribution in [1.82, 2.24) is 24.9 Å². The van der Waals surface area contributed by atoms with E-state index in [2.05, 4.69) is 68.5 Å². The number of rotatable bonds is 3. The van der Waals surface area contributed by atoms with Crippen molar-refractivity contribution in [3.05, 3.63) is 109 Å². The average Bonchev–Trinajstić information content (AvgIpc) is 3.58. The van der Waals surface area contributed by atoms with Gasteiger partial charge in [-0.3, -0.25) is 4.98 Å². The molecule has 0 saturated heterocycles. The third-order valence-electron chi connectivity index (χ3n) is 6.97. The fourth-order valence-corrected chi connectivity index (χ4v) is 5.03. The summed E-state index contributed by atoms with van der Waals surface area (Å²) >= 11 is 0. The van der Waals surface area contributed by atoms with E-state index in [1.165, 1.54) is 5.39 Å². The molecule has 8 aromatic rings. The topological polar surface area (TPSA) is 80.5 Å². The number of aromatic nitrogens is 5. The number of benzene rings is 4. The fourth-order valence-electron chi connectivity index (χ4n) is 5.03. The highest BCUT2D eigenvalue weighted by Gasteiger charge is 2.12. The molecule has 6 nitrogen and oxygen atoms in total. The standard InChI is InChI=1S/C32H19N5O/c1-2-5-28-27(4-1)34-18-30(36-28)22-12-14-26-24(17-22)23-16-21(11-13-25(23)35-26)19-7-9-20(10-8-19)31-37-29-6-3-15-33-32(29)38-31/h1-18,35H. The number of nitrogens with zero attached hydrogens (tertiary/aromatic N) is 4. The van der Waals surface area contributed by atoms with Gasteiger partial charge in [-0.2, -0.15) is 0 Å². The van der Waals surface area contributed by atoms with Crippen LogP contribution in [0.4, 0.5) is 0 Å². The Morgan fingerprint density at radius 3 is 2.05 bits per heavy atom. The lowest BCUT2D eigenvalue weighted by atomic mass is 10.0. The number of pyridine rings is 1. The SMILES string of the molecule is c1ccc2nc(-c3ccc4[nH]c5ccc(-c6ccc(-c7nc8cccnc8o7)cc6)cc5c4c3)cnc2c1. The monoisotopic (exact) mass is 489 g/mol. The van der Waals surface area contributed by atoms with Crippen LogP contribution in [-0.4, -0.2) is 24.9 Å². The Labute approximate surface area is 216 Å². The van der Waals surface area contributed by atoms with Crippen molar-refractivity contribution in [1.29, 1.82) is 0 Å². The van der Waals surface area contributed by atoms with Gasteiger partial charge < -0.3 is 9.40 Å². The van der Waals surface area contributed by atoms with Crippen LogP contribution in [0.25, 0.3) is 77.9 Å². The number of aromatic amines is 1. The number of para-hydroxylation sites is 2. The number of fused-ring (bicyclic) bond motifs is 5. The number of oxazole rings is 1. The molecule has 0 radical (unpaired) electrons. The zero-order chi connectivity index (χ0) is 25.1. The first kappa shape index (κ1) is 20.8. The van der Waals surface area contributed by atoms with Gasteiger partial charge in [-0.15, -0.1) is 0 Å². The van der Waals surface area contributed by atoms with Crippen molar-refractivity contribution in [3.63, 3.8) is 0 Å². The summed E-state index contributed by atoms with van der Waals surface area (Å²) in [7, 11) is 0. The highest BCUT2D eigenvalue weighted by Crippen LogP contribution is 2.33. The van der Waals surface area contributed by atoms with E-state index in [0.717, 1.165) is 60.9 Å². The van der Waals surface area contributed by atoms with Crippen LogP contribution < -0.4 is 0 Å². The lowest BCUT2D eigenvalue weighted by Crippen LogP contribution is -1.88. The minimum Gasteiger partial charge on any atom is -0.418 e. The molecule has 0 fully saturated rings. The minimum absolute atomic E-state index is 0.547. The first-order valence-corrected chi connectivity index (χ1v) is 12.4. The van der Waals surface area contributed by atoms with Crippen LogP contribution in [-0.2, 0) is 0 Å². The van der Waals surface area contributed by atoms with E-state index in [1.807, 2.05) is 54.7 Å². The van der Waals surface area contributed by atoms with Crippen molar-refractivity contribution in [2.75, 3.05) is 0 Å². The molecule has 6 heteroatoms. The summed E-state index contributed by atoms with van der Waals surface area (Å²) in [6.45, 7) is 0. The number of hydrogen-bond donors (Lipinski definition) is 1. The van der Waals surface area contributed by atoms with Gasteiger partial charge >= 0.3 is 0 Å². The predicted octanol–water partition coefficient (Wildman–Crippen LogP) is 7.80. The second kappa shape index (κ2) is 8.08. The van der Waals surface area contributed by atoms with Gasteiger partial charge in [-0.1, -0.05) is 36.4 Å². The lowest BCUT2D eigenvalue weighted by molar-refractivity contribution is 0.608. The molecule has 0 aliphatic rings. The maximum absolute atomic E-state index is 5.83. The van der Waals surface area contributed by atoms with Gasteiger partial charge in [0.2, 0.25) is 11.6 Å². The summed E-state index contributed by atoms with van der Waals surface area (Å²) in [5.74, 6) is 0.571. The Balaban J connectivity index is 1.18. The predicted molar refractivity (Wildman–Crippen MR) is 151 cm³/mol. The van der Waals surface area contributed by atoms with E-state index in [0.29, 0.717) is 11.6 Å². The van der Waals surface area contributed by atoms with Crippen LogP contribution in [0.15, 0.2) is 114 Å². The van der Waals surface area contributed by atoms with Crippen LogP contribution in [0, 0.1) is 0 Å². The van der Waals surface area contributed by atoms with E-state index in [-0.39, 0.29) is 0 Å². The summed E-state index contributed by atoms with van der Waals surface area (Å²) in [6, 6.07) is 32.9. The summed E-state index contributed by atoms with van der Waals surface area (Å²) < 4.78 is 5.83. The molecule has 0 saturated carbocycles. The molecule has 8 rings (SSSR count). The number of nitrogens with one attached hydrogen (secondary N) is 1. The number of H-pyrrole nitrogens is 1. The van der Waals surface area contributed by atoms with Crippen LogP contribution in [0.1, 0.15) is 0 Å². The van der Waals surface area contributed by atoms with Gasteiger partial charge in [0.05, 0.1) is 22.9 Å². The van der Waals surface area contributed by atoms with Crippen LogP contribution in [0.2, 0.25) is 0 Å². The van der Waals surface area contributed by atoms with Gasteiger partial charge in [0.1, 0.15) is 5.52 Å². The van der Waals surface area contributed by atoms with E-state index >= 15 is 0 Å². The van der Waals surface area contributed by atoms with Crippen molar-refractivity contribution in [2.24, 2.45) is 0 Å². The fraction of sp³-hybridized carbons (Fsp3) is 0. The quantitative estimate of drug-likeness (QED) is 0.274. The Morgan fingerprint density at radius 1 is 0.553 bits per heavy atom. The zero-order valence-corrected chi connectivity index (χ0v) is 20.1. The van der Waals surface area contributed by atoms with Crippen molar-refractivity contribution >= 4 is 44.1 Å². The van der Waals surface area contributed by atoms with Crippen molar-refractivity contribution < 1.29 is 4.42 Å². The van der Waals surface area contributed by atoms with E-state index < -0.39 is 0 Å². The molecule has 0 spiro atoms. The molecule has 4 aromatic heterocycles. The van der Waals surface area contributed by atoms with Gasteiger partial charge in [0, 0.05) is 39.1 Å². The Bertz CT molecular complexity index is 2110. The molecule has 0 aliphatic carbocycles. The van der Waals surface area contributed by atoms with E-state index in [9.17, 15) is 0 Å².